The van der Waals surface area contributed by atoms with Gasteiger partial charge in [0.1, 0.15) is 17.3 Å². The zero-order chi connectivity index (χ0) is 29.0. The van der Waals surface area contributed by atoms with Crippen LogP contribution in [0.2, 0.25) is 0 Å². The van der Waals surface area contributed by atoms with Crippen LogP contribution in [0, 0.1) is 23.2 Å². The lowest BCUT2D eigenvalue weighted by Gasteiger charge is -2.34. The third-order valence-corrected chi connectivity index (χ3v) is 9.78. The van der Waals surface area contributed by atoms with Crippen LogP contribution in [-0.4, -0.2) is 47.5 Å². The third kappa shape index (κ3) is 6.61. The lowest BCUT2D eigenvalue weighted by Crippen LogP contribution is -2.42. The maximum absolute atomic E-state index is 13.7. The number of carbonyl (C=O) groups is 1. The molecule has 41 heavy (non-hydrogen) atoms. The molecule has 2 heterocycles. The Balaban J connectivity index is 1.53. The molecule has 1 amide bonds. The van der Waals surface area contributed by atoms with Crippen molar-refractivity contribution in [3.05, 3.63) is 71.9 Å². The molecule has 5 rings (SSSR count). The molecule has 1 aliphatic carbocycles. The highest BCUT2D eigenvalue weighted by Crippen LogP contribution is 2.31. The lowest BCUT2D eigenvalue weighted by atomic mass is 9.94. The van der Waals surface area contributed by atoms with Crippen molar-refractivity contribution in [3.8, 4) is 23.0 Å². The topological polar surface area (TPSA) is 108 Å². The van der Waals surface area contributed by atoms with Gasteiger partial charge in [0, 0.05) is 36.5 Å². The number of carbonyl (C=O) groups excluding carboxylic acids is 1. The van der Waals surface area contributed by atoms with Crippen LogP contribution >= 0.6 is 0 Å². The minimum absolute atomic E-state index is 0.00972. The molecule has 0 bridgehead atoms. The largest absolute Gasteiger partial charge is 0.349 e. The number of amides is 1. The fourth-order valence-electron chi connectivity index (χ4n) is 6.00. The molecule has 2 aromatic carbocycles. The number of nitrogens with zero attached hydrogens (tertiary/aromatic N) is 4. The summed E-state index contributed by atoms with van der Waals surface area (Å²) in [6, 6.07) is 18.4. The Labute approximate surface area is 242 Å². The molecule has 1 N–H and O–H groups in total. The van der Waals surface area contributed by atoms with Gasteiger partial charge in [0.25, 0.3) is 5.91 Å². The van der Waals surface area contributed by atoms with E-state index in [-0.39, 0.29) is 16.5 Å². The number of aromatic nitrogens is 2. The summed E-state index contributed by atoms with van der Waals surface area (Å²) in [5, 5.41) is 17.7. The van der Waals surface area contributed by atoms with Gasteiger partial charge < -0.3 is 5.32 Å². The van der Waals surface area contributed by atoms with E-state index >= 15 is 0 Å². The standard InChI is InChI=1S/C32H37N5O3S/c1-23-16-24(2)21-36(20-23)41(39,40)30-15-9-10-25(18-30)31-27(22-37(35-31)29-13-7-4-8-14-29)17-26(19-33)32(38)34-28-11-5-3-6-12-28/h4,7-10,13-15,17-18,22-24,28H,3,5-6,11-12,16,20-21H2,1-2H3,(H,34,38)/b26-17-. The van der Waals surface area contributed by atoms with E-state index in [2.05, 4.69) is 25.2 Å². The maximum Gasteiger partial charge on any atom is 0.262 e. The average molecular weight is 572 g/mol. The first-order valence-electron chi connectivity index (χ1n) is 14.4. The highest BCUT2D eigenvalue weighted by Gasteiger charge is 2.32. The molecule has 0 spiro atoms. The fourth-order valence-corrected chi connectivity index (χ4v) is 7.73. The zero-order valence-electron chi connectivity index (χ0n) is 23.7. The van der Waals surface area contributed by atoms with E-state index in [0.717, 1.165) is 37.8 Å². The number of nitrogens with one attached hydrogen (secondary N) is 1. The van der Waals surface area contributed by atoms with E-state index in [1.165, 1.54) is 6.42 Å². The second kappa shape index (κ2) is 12.4. The van der Waals surface area contributed by atoms with Crippen molar-refractivity contribution >= 4 is 22.0 Å². The molecule has 9 heteroatoms. The number of rotatable bonds is 7. The molecular formula is C32H37N5O3S. The molecule has 8 nitrogen and oxygen atoms in total. The number of para-hydroxylation sites is 1. The van der Waals surface area contributed by atoms with Gasteiger partial charge >= 0.3 is 0 Å². The summed E-state index contributed by atoms with van der Waals surface area (Å²) in [5.74, 6) is 0.181. The Morgan fingerprint density at radius 1 is 1.02 bits per heavy atom. The molecule has 0 radical (unpaired) electrons. The van der Waals surface area contributed by atoms with Crippen molar-refractivity contribution in [2.24, 2.45) is 11.8 Å². The van der Waals surface area contributed by atoms with E-state index in [9.17, 15) is 18.5 Å². The first kappa shape index (κ1) is 28.8. The SMILES string of the molecule is CC1CC(C)CN(S(=O)(=O)c2cccc(-c3nn(-c4ccccc4)cc3/C=C(/C#N)C(=O)NC3CCCCC3)c2)C1. The van der Waals surface area contributed by atoms with Gasteiger partial charge in [0.05, 0.1) is 10.6 Å². The predicted octanol–water partition coefficient (Wildman–Crippen LogP) is 5.56. The van der Waals surface area contributed by atoms with Crippen molar-refractivity contribution in [3.63, 3.8) is 0 Å². The second-order valence-electron chi connectivity index (χ2n) is 11.5. The quantitative estimate of drug-likeness (QED) is 0.295. The summed E-state index contributed by atoms with van der Waals surface area (Å²) >= 11 is 0. The molecule has 2 atom stereocenters. The van der Waals surface area contributed by atoms with E-state index in [4.69, 9.17) is 5.10 Å². The molecule has 2 aliphatic rings. The Morgan fingerprint density at radius 2 is 1.73 bits per heavy atom. The number of benzene rings is 2. The van der Waals surface area contributed by atoms with Crippen LogP contribution in [0.25, 0.3) is 23.0 Å². The summed E-state index contributed by atoms with van der Waals surface area (Å²) in [5.41, 5.74) is 2.43. The maximum atomic E-state index is 13.7. The number of hydrogen-bond donors (Lipinski definition) is 1. The molecule has 1 saturated heterocycles. The van der Waals surface area contributed by atoms with Gasteiger partial charge in [-0.3, -0.25) is 4.79 Å². The Morgan fingerprint density at radius 3 is 2.41 bits per heavy atom. The van der Waals surface area contributed by atoms with Crippen LogP contribution in [0.5, 0.6) is 0 Å². The predicted molar refractivity (Wildman–Crippen MR) is 159 cm³/mol. The highest BCUT2D eigenvalue weighted by atomic mass is 32.2. The van der Waals surface area contributed by atoms with Crippen molar-refractivity contribution in [2.75, 3.05) is 13.1 Å². The molecule has 1 saturated carbocycles. The fraction of sp³-hybridized carbons (Fsp3) is 0.406. The smallest absolute Gasteiger partial charge is 0.262 e. The first-order valence-corrected chi connectivity index (χ1v) is 15.9. The summed E-state index contributed by atoms with van der Waals surface area (Å²) in [7, 11) is -3.71. The van der Waals surface area contributed by atoms with Crippen LogP contribution in [0.1, 0.15) is 57.9 Å². The molecule has 2 fully saturated rings. The third-order valence-electron chi connectivity index (χ3n) is 7.95. The molecular weight excluding hydrogens is 534 g/mol. The van der Waals surface area contributed by atoms with E-state index in [1.807, 2.05) is 36.4 Å². The van der Waals surface area contributed by atoms with E-state index in [1.54, 1.807) is 39.5 Å². The van der Waals surface area contributed by atoms with Crippen molar-refractivity contribution < 1.29 is 13.2 Å². The van der Waals surface area contributed by atoms with E-state index < -0.39 is 15.9 Å². The molecule has 1 aromatic heterocycles. The van der Waals surface area contributed by atoms with Crippen molar-refractivity contribution in [1.29, 1.82) is 5.26 Å². The van der Waals surface area contributed by atoms with Crippen LogP contribution in [-0.2, 0) is 14.8 Å². The van der Waals surface area contributed by atoms with Gasteiger partial charge in [0.2, 0.25) is 10.0 Å². The number of hydrogen-bond acceptors (Lipinski definition) is 5. The highest BCUT2D eigenvalue weighted by molar-refractivity contribution is 7.89. The molecule has 214 valence electrons. The van der Waals surface area contributed by atoms with Crippen LogP contribution in [0.3, 0.4) is 0 Å². The summed E-state index contributed by atoms with van der Waals surface area (Å²) < 4.78 is 30.6. The number of piperidine rings is 1. The van der Waals surface area contributed by atoms with Gasteiger partial charge in [-0.05, 0) is 61.4 Å². The van der Waals surface area contributed by atoms with Crippen LogP contribution in [0.4, 0.5) is 0 Å². The van der Waals surface area contributed by atoms with Gasteiger partial charge in [-0.15, -0.1) is 0 Å². The average Bonchev–Trinajstić information content (AvgIpc) is 3.40. The Bertz CT molecular complexity index is 1560. The summed E-state index contributed by atoms with van der Waals surface area (Å²) in [6.45, 7) is 5.16. The normalized spacial score (nSPS) is 20.9. The van der Waals surface area contributed by atoms with Crippen LogP contribution in [0.15, 0.2) is 71.3 Å². The Hall–Kier alpha value is -3.74. The minimum atomic E-state index is -3.71. The van der Waals surface area contributed by atoms with E-state index in [0.29, 0.717) is 41.7 Å². The Kier molecular flexibility index (Phi) is 8.71. The van der Waals surface area contributed by atoms with Gasteiger partial charge in [-0.2, -0.15) is 14.7 Å². The van der Waals surface area contributed by atoms with Crippen molar-refractivity contribution in [1.82, 2.24) is 19.4 Å². The van der Waals surface area contributed by atoms with Gasteiger partial charge in [-0.25, -0.2) is 13.1 Å². The molecule has 2 unspecified atom stereocenters. The molecule has 3 aromatic rings. The number of sulfonamides is 1. The molecule has 1 aliphatic heterocycles. The summed E-state index contributed by atoms with van der Waals surface area (Å²) in [4.78, 5) is 13.3. The van der Waals surface area contributed by atoms with Gasteiger partial charge in [-0.1, -0.05) is 63.4 Å². The zero-order valence-corrected chi connectivity index (χ0v) is 24.5. The van der Waals surface area contributed by atoms with Crippen molar-refractivity contribution in [2.45, 2.75) is 63.3 Å². The first-order chi connectivity index (χ1) is 19.7. The minimum Gasteiger partial charge on any atom is -0.349 e. The number of nitriles is 1. The monoisotopic (exact) mass is 571 g/mol. The lowest BCUT2D eigenvalue weighted by molar-refractivity contribution is -0.117. The second-order valence-corrected chi connectivity index (χ2v) is 13.4. The van der Waals surface area contributed by atoms with Gasteiger partial charge in [0.15, 0.2) is 0 Å². The summed E-state index contributed by atoms with van der Waals surface area (Å²) in [6.07, 6.45) is 9.46. The van der Waals surface area contributed by atoms with Crippen LogP contribution < -0.4 is 5.32 Å².